The van der Waals surface area contributed by atoms with Gasteiger partial charge in [-0.1, -0.05) is 30.0 Å². The lowest BCUT2D eigenvalue weighted by molar-refractivity contribution is 0.164. The van der Waals surface area contributed by atoms with Crippen molar-refractivity contribution in [2.45, 2.75) is 46.0 Å². The highest BCUT2D eigenvalue weighted by Crippen LogP contribution is 2.16. The van der Waals surface area contributed by atoms with Gasteiger partial charge in [0.25, 0.3) is 0 Å². The first-order valence-corrected chi connectivity index (χ1v) is 9.39. The van der Waals surface area contributed by atoms with Crippen LogP contribution in [-0.2, 0) is 4.43 Å². The molecule has 0 fully saturated rings. The minimum Gasteiger partial charge on any atom is -0.402 e. The lowest BCUT2D eigenvalue weighted by Gasteiger charge is -2.28. The second kappa shape index (κ2) is 5.08. The van der Waals surface area contributed by atoms with Gasteiger partial charge in [0.15, 0.2) is 8.32 Å². The van der Waals surface area contributed by atoms with E-state index < -0.39 is 8.32 Å². The van der Waals surface area contributed by atoms with Gasteiger partial charge in [-0.05, 0) is 52.0 Å². The third-order valence-electron chi connectivity index (χ3n) is 2.20. The maximum atomic E-state index is 6.05. The van der Waals surface area contributed by atoms with Crippen LogP contribution < -0.4 is 0 Å². The summed E-state index contributed by atoms with van der Waals surface area (Å²) >= 11 is 0. The predicted octanol–water partition coefficient (Wildman–Crippen LogP) is 3.98. The number of aryl methyl sites for hydroxylation is 1. The van der Waals surface area contributed by atoms with Crippen molar-refractivity contribution in [3.8, 4) is 11.8 Å². The third kappa shape index (κ3) is 5.21. The molecular formula is C15H22OSi. The van der Waals surface area contributed by atoms with Crippen molar-refractivity contribution in [2.75, 3.05) is 0 Å². The highest BCUT2D eigenvalue weighted by molar-refractivity contribution is 6.69. The molecule has 0 heterocycles. The Morgan fingerprint density at radius 1 is 1.12 bits per heavy atom. The van der Waals surface area contributed by atoms with Gasteiger partial charge >= 0.3 is 0 Å². The molecule has 17 heavy (non-hydrogen) atoms. The minimum absolute atomic E-state index is 0.368. The fraction of sp³-hybridized carbons (Fsp3) is 0.467. The highest BCUT2D eigenvalue weighted by atomic mass is 28.4. The quantitative estimate of drug-likeness (QED) is 0.566. The molecule has 2 heteroatoms. The third-order valence-corrected chi connectivity index (χ3v) is 3.33. The second-order valence-corrected chi connectivity index (χ2v) is 10.2. The summed E-state index contributed by atoms with van der Waals surface area (Å²) in [4.78, 5) is 0. The van der Waals surface area contributed by atoms with Crippen LogP contribution in [0.3, 0.4) is 0 Å². The Morgan fingerprint density at radius 2 is 1.71 bits per heavy atom. The van der Waals surface area contributed by atoms with Crippen LogP contribution in [-0.4, -0.2) is 13.9 Å². The van der Waals surface area contributed by atoms with E-state index in [-0.39, 0.29) is 5.60 Å². The maximum absolute atomic E-state index is 6.05. The summed E-state index contributed by atoms with van der Waals surface area (Å²) in [5.41, 5.74) is 1.93. The molecule has 1 nitrogen and oxygen atoms in total. The van der Waals surface area contributed by atoms with E-state index in [1.165, 1.54) is 5.56 Å². The van der Waals surface area contributed by atoms with Gasteiger partial charge in [-0.15, -0.1) is 0 Å². The summed E-state index contributed by atoms with van der Waals surface area (Å²) in [6.07, 6.45) is 0. The lowest BCUT2D eigenvalue weighted by Crippen LogP contribution is -2.37. The van der Waals surface area contributed by atoms with Crippen LogP contribution in [0.2, 0.25) is 19.6 Å². The molecule has 0 N–H and O–H groups in total. The van der Waals surface area contributed by atoms with Crippen LogP contribution in [0, 0.1) is 18.8 Å². The maximum Gasteiger partial charge on any atom is 0.185 e. The molecule has 0 aromatic heterocycles. The zero-order chi connectivity index (χ0) is 13.1. The van der Waals surface area contributed by atoms with E-state index in [0.717, 1.165) is 5.56 Å². The van der Waals surface area contributed by atoms with Crippen molar-refractivity contribution in [1.29, 1.82) is 0 Å². The van der Waals surface area contributed by atoms with Crippen LogP contribution in [0.4, 0.5) is 0 Å². The molecule has 1 aromatic carbocycles. The molecule has 0 aliphatic rings. The van der Waals surface area contributed by atoms with Crippen molar-refractivity contribution in [3.63, 3.8) is 0 Å². The molecule has 0 saturated heterocycles. The fourth-order valence-electron chi connectivity index (χ4n) is 1.72. The summed E-state index contributed by atoms with van der Waals surface area (Å²) in [5.74, 6) is 6.46. The first-order chi connectivity index (χ1) is 7.70. The Bertz CT molecular complexity index is 444. The van der Waals surface area contributed by atoms with E-state index in [4.69, 9.17) is 4.43 Å². The van der Waals surface area contributed by atoms with Crippen molar-refractivity contribution >= 4 is 8.32 Å². The summed E-state index contributed by atoms with van der Waals surface area (Å²) < 4.78 is 6.05. The number of benzene rings is 1. The Labute approximate surface area is 106 Å². The predicted molar refractivity (Wildman–Crippen MR) is 76.6 cm³/mol. The summed E-state index contributed by atoms with van der Waals surface area (Å²) in [6.45, 7) is 12.7. The van der Waals surface area contributed by atoms with E-state index in [0.29, 0.717) is 0 Å². The normalized spacial score (nSPS) is 11.9. The van der Waals surface area contributed by atoms with Crippen LogP contribution >= 0.6 is 0 Å². The zero-order valence-corrected chi connectivity index (χ0v) is 12.7. The van der Waals surface area contributed by atoms with Crippen LogP contribution in [0.5, 0.6) is 0 Å². The summed E-state index contributed by atoms with van der Waals surface area (Å²) in [5, 5.41) is 0. The Hall–Kier alpha value is -1.04. The molecule has 0 aliphatic heterocycles. The van der Waals surface area contributed by atoms with Gasteiger partial charge in [0.05, 0.1) is 0 Å². The largest absolute Gasteiger partial charge is 0.402 e. The van der Waals surface area contributed by atoms with Crippen LogP contribution in [0.1, 0.15) is 25.0 Å². The van der Waals surface area contributed by atoms with Crippen molar-refractivity contribution in [1.82, 2.24) is 0 Å². The number of hydrogen-bond donors (Lipinski definition) is 0. The molecule has 0 bridgehead atoms. The standard InChI is InChI=1S/C15H22OSi/c1-13-9-7-8-10-14(13)11-12-15(2,3)16-17(4,5)6/h7-10H,1-6H3. The van der Waals surface area contributed by atoms with Gasteiger partial charge in [-0.25, -0.2) is 0 Å². The molecule has 0 unspecified atom stereocenters. The van der Waals surface area contributed by atoms with Gasteiger partial charge in [0.2, 0.25) is 0 Å². The minimum atomic E-state index is -1.55. The highest BCUT2D eigenvalue weighted by Gasteiger charge is 2.25. The fourth-order valence-corrected chi connectivity index (χ4v) is 3.30. The van der Waals surface area contributed by atoms with Crippen molar-refractivity contribution in [2.24, 2.45) is 0 Å². The Balaban J connectivity index is 2.89. The summed E-state index contributed by atoms with van der Waals surface area (Å²) in [6, 6.07) is 8.18. The number of rotatable bonds is 2. The van der Waals surface area contributed by atoms with Crippen molar-refractivity contribution in [3.05, 3.63) is 35.4 Å². The molecule has 0 aliphatic carbocycles. The molecule has 0 spiro atoms. The van der Waals surface area contributed by atoms with Crippen LogP contribution in [0.25, 0.3) is 0 Å². The second-order valence-electron chi connectivity index (χ2n) is 5.79. The van der Waals surface area contributed by atoms with Crippen LogP contribution in [0.15, 0.2) is 24.3 Å². The molecule has 0 atom stereocenters. The molecule has 92 valence electrons. The molecule has 0 radical (unpaired) electrons. The SMILES string of the molecule is Cc1ccccc1C#CC(C)(C)O[Si](C)(C)C. The molecule has 0 saturated carbocycles. The van der Waals surface area contributed by atoms with E-state index in [1.54, 1.807) is 0 Å². The topological polar surface area (TPSA) is 9.23 Å². The zero-order valence-electron chi connectivity index (χ0n) is 11.7. The Morgan fingerprint density at radius 3 is 2.24 bits per heavy atom. The average molecular weight is 246 g/mol. The van der Waals surface area contributed by atoms with Gasteiger partial charge in [0.1, 0.15) is 5.60 Å². The van der Waals surface area contributed by atoms with Crippen molar-refractivity contribution < 1.29 is 4.43 Å². The molecule has 1 rings (SSSR count). The van der Waals surface area contributed by atoms with E-state index in [2.05, 4.69) is 44.5 Å². The smallest absolute Gasteiger partial charge is 0.185 e. The lowest BCUT2D eigenvalue weighted by atomic mass is 10.1. The monoisotopic (exact) mass is 246 g/mol. The molecule has 1 aromatic rings. The first kappa shape index (κ1) is 14.0. The first-order valence-electron chi connectivity index (χ1n) is 5.99. The van der Waals surface area contributed by atoms with Gasteiger partial charge < -0.3 is 4.43 Å². The molecule has 0 amide bonds. The van der Waals surface area contributed by atoms with E-state index >= 15 is 0 Å². The van der Waals surface area contributed by atoms with E-state index in [1.807, 2.05) is 32.0 Å². The summed E-state index contributed by atoms with van der Waals surface area (Å²) in [7, 11) is -1.55. The van der Waals surface area contributed by atoms with E-state index in [9.17, 15) is 0 Å². The van der Waals surface area contributed by atoms with Gasteiger partial charge in [-0.2, -0.15) is 0 Å². The molecular weight excluding hydrogens is 224 g/mol. The van der Waals surface area contributed by atoms with Gasteiger partial charge in [-0.3, -0.25) is 0 Å². The average Bonchev–Trinajstić information content (AvgIpc) is 2.13. The van der Waals surface area contributed by atoms with Gasteiger partial charge in [0, 0.05) is 5.56 Å². The Kier molecular flexibility index (Phi) is 4.19. The number of hydrogen-bond acceptors (Lipinski definition) is 1.